The number of amides is 3. The van der Waals surface area contributed by atoms with Gasteiger partial charge < -0.3 is 14.6 Å². The van der Waals surface area contributed by atoms with Gasteiger partial charge in [0.15, 0.2) is 0 Å². The number of carbonyl (C=O) groups is 2. The number of benzene rings is 1. The molecule has 24 heavy (non-hydrogen) atoms. The minimum atomic E-state index is -0.572. The molecule has 0 saturated carbocycles. The van der Waals surface area contributed by atoms with E-state index in [2.05, 4.69) is 22.5 Å². The van der Waals surface area contributed by atoms with Crippen molar-refractivity contribution in [2.75, 3.05) is 11.9 Å². The second-order valence-corrected chi connectivity index (χ2v) is 5.32. The molecular weight excluding hydrogens is 308 g/mol. The molecule has 1 aromatic heterocycles. The molecule has 0 fully saturated rings. The van der Waals surface area contributed by atoms with Crippen LogP contribution in [0.4, 0.5) is 10.5 Å². The third kappa shape index (κ3) is 6.12. The highest BCUT2D eigenvalue weighted by Gasteiger charge is 2.08. The lowest BCUT2D eigenvalue weighted by atomic mass is 10.2. The molecule has 0 saturated heterocycles. The predicted molar refractivity (Wildman–Crippen MR) is 90.9 cm³/mol. The van der Waals surface area contributed by atoms with E-state index in [4.69, 9.17) is 4.74 Å². The average molecular weight is 330 g/mol. The first-order chi connectivity index (χ1) is 11.7. The van der Waals surface area contributed by atoms with Crippen LogP contribution in [-0.2, 0) is 11.3 Å². The van der Waals surface area contributed by atoms with Gasteiger partial charge in [-0.2, -0.15) is 0 Å². The van der Waals surface area contributed by atoms with E-state index in [0.717, 1.165) is 25.0 Å². The Labute approximate surface area is 141 Å². The van der Waals surface area contributed by atoms with Gasteiger partial charge in [0.1, 0.15) is 12.3 Å². The van der Waals surface area contributed by atoms with Crippen LogP contribution in [0.15, 0.2) is 43.0 Å². The number of anilines is 1. The number of aromatic nitrogens is 2. The highest BCUT2D eigenvalue weighted by Crippen LogP contribution is 2.16. The summed E-state index contributed by atoms with van der Waals surface area (Å²) in [4.78, 5) is 27.3. The summed E-state index contributed by atoms with van der Waals surface area (Å²) in [6, 6.07) is 6.46. The van der Waals surface area contributed by atoms with Crippen molar-refractivity contribution in [3.05, 3.63) is 43.0 Å². The van der Waals surface area contributed by atoms with Crippen LogP contribution in [0.2, 0.25) is 0 Å². The second-order valence-electron chi connectivity index (χ2n) is 5.32. The monoisotopic (exact) mass is 330 g/mol. The van der Waals surface area contributed by atoms with Gasteiger partial charge in [-0.3, -0.25) is 10.1 Å². The third-order valence-corrected chi connectivity index (χ3v) is 3.27. The Bertz CT molecular complexity index is 638. The minimum absolute atomic E-state index is 0.0396. The number of hydrogen-bond acceptors (Lipinski definition) is 4. The number of nitrogens with zero attached hydrogens (tertiary/aromatic N) is 2. The van der Waals surface area contributed by atoms with Gasteiger partial charge in [-0.1, -0.05) is 19.8 Å². The van der Waals surface area contributed by atoms with Crippen molar-refractivity contribution < 1.29 is 14.3 Å². The summed E-state index contributed by atoms with van der Waals surface area (Å²) >= 11 is 0. The van der Waals surface area contributed by atoms with Crippen molar-refractivity contribution in [3.63, 3.8) is 0 Å². The normalized spacial score (nSPS) is 10.2. The standard InChI is InChI=1S/C17H22N4O3/c1-2-3-4-11-24-15-7-5-14(6-8-15)19-17(23)20-16(22)12-21-10-9-18-13-21/h5-10,13H,2-4,11-12H2,1H3,(H2,19,20,22,23). The van der Waals surface area contributed by atoms with Crippen molar-refractivity contribution in [2.45, 2.75) is 32.7 Å². The van der Waals surface area contributed by atoms with E-state index in [9.17, 15) is 9.59 Å². The van der Waals surface area contributed by atoms with E-state index in [-0.39, 0.29) is 6.54 Å². The summed E-state index contributed by atoms with van der Waals surface area (Å²) < 4.78 is 7.18. The number of hydrogen-bond donors (Lipinski definition) is 2. The van der Waals surface area contributed by atoms with Crippen LogP contribution in [0, 0.1) is 0 Å². The van der Waals surface area contributed by atoms with E-state index < -0.39 is 11.9 Å². The molecule has 7 heteroatoms. The summed E-state index contributed by atoms with van der Waals surface area (Å²) in [5.41, 5.74) is 0.587. The molecule has 0 atom stereocenters. The predicted octanol–water partition coefficient (Wildman–Crippen LogP) is 2.80. The summed E-state index contributed by atoms with van der Waals surface area (Å²) in [5, 5.41) is 4.87. The van der Waals surface area contributed by atoms with Crippen LogP contribution in [0.1, 0.15) is 26.2 Å². The maximum absolute atomic E-state index is 11.8. The number of nitrogens with one attached hydrogen (secondary N) is 2. The molecule has 2 rings (SSSR count). The van der Waals surface area contributed by atoms with Crippen molar-refractivity contribution in [1.29, 1.82) is 0 Å². The smallest absolute Gasteiger partial charge is 0.325 e. The molecule has 0 spiro atoms. The van der Waals surface area contributed by atoms with E-state index in [0.29, 0.717) is 12.3 Å². The Morgan fingerprint density at radius 2 is 2.00 bits per heavy atom. The topological polar surface area (TPSA) is 85.3 Å². The molecule has 2 aromatic rings. The SMILES string of the molecule is CCCCCOc1ccc(NC(=O)NC(=O)Cn2ccnc2)cc1. The molecule has 0 aliphatic carbocycles. The number of urea groups is 1. The highest BCUT2D eigenvalue weighted by molar-refractivity contribution is 6.01. The molecule has 2 N–H and O–H groups in total. The molecule has 0 radical (unpaired) electrons. The van der Waals surface area contributed by atoms with E-state index in [1.807, 2.05) is 0 Å². The lowest BCUT2D eigenvalue weighted by molar-refractivity contribution is -0.120. The lowest BCUT2D eigenvalue weighted by Crippen LogP contribution is -2.36. The van der Waals surface area contributed by atoms with Crippen LogP contribution in [0.3, 0.4) is 0 Å². The minimum Gasteiger partial charge on any atom is -0.494 e. The Kier molecular flexibility index (Phi) is 6.82. The van der Waals surface area contributed by atoms with Gasteiger partial charge in [-0.05, 0) is 30.7 Å². The largest absolute Gasteiger partial charge is 0.494 e. The fourth-order valence-corrected chi connectivity index (χ4v) is 2.05. The number of imide groups is 1. The maximum atomic E-state index is 11.8. The van der Waals surface area contributed by atoms with E-state index >= 15 is 0 Å². The number of ether oxygens (including phenoxy) is 1. The van der Waals surface area contributed by atoms with Gasteiger partial charge in [-0.25, -0.2) is 9.78 Å². The molecule has 7 nitrogen and oxygen atoms in total. The highest BCUT2D eigenvalue weighted by atomic mass is 16.5. The first-order valence-electron chi connectivity index (χ1n) is 7.97. The first kappa shape index (κ1) is 17.5. The molecule has 0 unspecified atom stereocenters. The zero-order valence-corrected chi connectivity index (χ0v) is 13.7. The molecule has 0 bridgehead atoms. The third-order valence-electron chi connectivity index (χ3n) is 3.27. The van der Waals surface area contributed by atoms with Crippen LogP contribution in [-0.4, -0.2) is 28.1 Å². The molecule has 1 heterocycles. The number of carbonyl (C=O) groups excluding carboxylic acids is 2. The summed E-state index contributed by atoms with van der Waals surface area (Å²) in [6.45, 7) is 2.87. The Hall–Kier alpha value is -2.83. The average Bonchev–Trinajstić information content (AvgIpc) is 3.05. The Balaban J connectivity index is 1.74. The summed E-state index contributed by atoms with van der Waals surface area (Å²) in [7, 11) is 0. The number of rotatable bonds is 8. The Morgan fingerprint density at radius 1 is 1.21 bits per heavy atom. The Morgan fingerprint density at radius 3 is 2.67 bits per heavy atom. The fraction of sp³-hybridized carbons (Fsp3) is 0.353. The first-order valence-corrected chi connectivity index (χ1v) is 7.97. The fourth-order valence-electron chi connectivity index (χ4n) is 2.05. The molecule has 128 valence electrons. The maximum Gasteiger partial charge on any atom is 0.325 e. The van der Waals surface area contributed by atoms with Crippen LogP contribution in [0.25, 0.3) is 0 Å². The molecule has 3 amide bonds. The van der Waals surface area contributed by atoms with E-state index in [1.54, 1.807) is 41.2 Å². The summed E-state index contributed by atoms with van der Waals surface area (Å²) in [5.74, 6) is 0.342. The van der Waals surface area contributed by atoms with E-state index in [1.165, 1.54) is 6.33 Å². The van der Waals surface area contributed by atoms with Crippen LogP contribution >= 0.6 is 0 Å². The van der Waals surface area contributed by atoms with Gasteiger partial charge in [0.2, 0.25) is 5.91 Å². The molecular formula is C17H22N4O3. The van der Waals surface area contributed by atoms with Crippen LogP contribution < -0.4 is 15.4 Å². The van der Waals surface area contributed by atoms with Crippen molar-refractivity contribution >= 4 is 17.6 Å². The van der Waals surface area contributed by atoms with Gasteiger partial charge >= 0.3 is 6.03 Å². The van der Waals surface area contributed by atoms with Crippen molar-refractivity contribution in [3.8, 4) is 5.75 Å². The second kappa shape index (κ2) is 9.34. The van der Waals surface area contributed by atoms with Crippen molar-refractivity contribution in [2.24, 2.45) is 0 Å². The van der Waals surface area contributed by atoms with Gasteiger partial charge in [-0.15, -0.1) is 0 Å². The van der Waals surface area contributed by atoms with Crippen molar-refractivity contribution in [1.82, 2.24) is 14.9 Å². The molecule has 0 aliphatic heterocycles. The molecule has 0 aliphatic rings. The zero-order chi connectivity index (χ0) is 17.2. The van der Waals surface area contributed by atoms with Gasteiger partial charge in [0.05, 0.1) is 12.9 Å². The van der Waals surface area contributed by atoms with Gasteiger partial charge in [0.25, 0.3) is 0 Å². The lowest BCUT2D eigenvalue weighted by Gasteiger charge is -2.09. The van der Waals surface area contributed by atoms with Crippen LogP contribution in [0.5, 0.6) is 5.75 Å². The summed E-state index contributed by atoms with van der Waals surface area (Å²) in [6.07, 6.45) is 8.05. The molecule has 1 aromatic carbocycles. The number of imidazole rings is 1. The number of unbranched alkanes of at least 4 members (excludes halogenated alkanes) is 2. The quantitative estimate of drug-likeness (QED) is 0.729. The zero-order valence-electron chi connectivity index (χ0n) is 13.7. The van der Waals surface area contributed by atoms with Gasteiger partial charge in [0, 0.05) is 18.1 Å².